The lowest BCUT2D eigenvalue weighted by atomic mass is 10.2. The van der Waals surface area contributed by atoms with E-state index in [1.807, 2.05) is 6.20 Å². The number of hydrogen-bond donors (Lipinski definition) is 2. The quantitative estimate of drug-likeness (QED) is 0.708. The summed E-state index contributed by atoms with van der Waals surface area (Å²) in [5.41, 5.74) is 0. The highest BCUT2D eigenvalue weighted by Gasteiger charge is 2.02. The monoisotopic (exact) mass is 196 g/mol. The first-order valence-corrected chi connectivity index (χ1v) is 5.05. The standard InChI is InChI=1S/C10H20N4/c1-9(4-7-14(2)3)13-8-10-11-5-6-12-10/h5-6,9,13H,4,7-8H2,1-3H3,(H,11,12). The van der Waals surface area contributed by atoms with Crippen molar-refractivity contribution in [3.8, 4) is 0 Å². The fraction of sp³-hybridized carbons (Fsp3) is 0.700. The summed E-state index contributed by atoms with van der Waals surface area (Å²) in [6.07, 6.45) is 4.79. The van der Waals surface area contributed by atoms with E-state index in [1.165, 1.54) is 0 Å². The minimum absolute atomic E-state index is 0.530. The van der Waals surface area contributed by atoms with Crippen LogP contribution in [0.25, 0.3) is 0 Å². The van der Waals surface area contributed by atoms with Crippen molar-refractivity contribution in [1.82, 2.24) is 20.2 Å². The predicted octanol–water partition coefficient (Wildman–Crippen LogP) is 0.839. The van der Waals surface area contributed by atoms with E-state index in [2.05, 4.69) is 41.2 Å². The van der Waals surface area contributed by atoms with Gasteiger partial charge in [-0.05, 0) is 34.0 Å². The van der Waals surface area contributed by atoms with E-state index in [4.69, 9.17) is 0 Å². The molecule has 2 N–H and O–H groups in total. The minimum atomic E-state index is 0.530. The molecular weight excluding hydrogens is 176 g/mol. The van der Waals surface area contributed by atoms with Gasteiger partial charge in [-0.1, -0.05) is 0 Å². The molecule has 0 aromatic carbocycles. The van der Waals surface area contributed by atoms with Gasteiger partial charge in [-0.2, -0.15) is 0 Å². The highest BCUT2D eigenvalue weighted by atomic mass is 15.1. The molecule has 4 heteroatoms. The molecule has 1 rings (SSSR count). The molecule has 1 aromatic rings. The second-order valence-corrected chi connectivity index (χ2v) is 3.91. The zero-order valence-corrected chi connectivity index (χ0v) is 9.25. The number of aromatic nitrogens is 2. The summed E-state index contributed by atoms with van der Waals surface area (Å²) in [6, 6.07) is 0.530. The first-order chi connectivity index (χ1) is 6.68. The van der Waals surface area contributed by atoms with Crippen molar-refractivity contribution in [2.45, 2.75) is 25.9 Å². The Morgan fingerprint density at radius 3 is 2.93 bits per heavy atom. The molecular formula is C10H20N4. The molecule has 1 unspecified atom stereocenters. The maximum absolute atomic E-state index is 4.15. The zero-order valence-electron chi connectivity index (χ0n) is 9.25. The Labute approximate surface area is 85.7 Å². The third-order valence-electron chi connectivity index (χ3n) is 2.18. The van der Waals surface area contributed by atoms with Crippen LogP contribution in [-0.2, 0) is 6.54 Å². The summed E-state index contributed by atoms with van der Waals surface area (Å²) in [5, 5.41) is 3.42. The summed E-state index contributed by atoms with van der Waals surface area (Å²) in [4.78, 5) is 9.43. The number of nitrogens with zero attached hydrogens (tertiary/aromatic N) is 2. The van der Waals surface area contributed by atoms with Crippen LogP contribution in [0.2, 0.25) is 0 Å². The Hall–Kier alpha value is -0.870. The van der Waals surface area contributed by atoms with Crippen molar-refractivity contribution in [2.75, 3.05) is 20.6 Å². The van der Waals surface area contributed by atoms with E-state index in [1.54, 1.807) is 6.20 Å². The maximum atomic E-state index is 4.15. The SMILES string of the molecule is CC(CCN(C)C)NCc1ncc[nH]1. The number of aromatic amines is 1. The van der Waals surface area contributed by atoms with Crippen molar-refractivity contribution in [2.24, 2.45) is 0 Å². The second kappa shape index (κ2) is 5.78. The minimum Gasteiger partial charge on any atom is -0.348 e. The lowest BCUT2D eigenvalue weighted by molar-refractivity contribution is 0.364. The summed E-state index contributed by atoms with van der Waals surface area (Å²) in [5.74, 6) is 1.00. The number of nitrogens with one attached hydrogen (secondary N) is 2. The van der Waals surface area contributed by atoms with Crippen molar-refractivity contribution in [3.05, 3.63) is 18.2 Å². The van der Waals surface area contributed by atoms with Crippen molar-refractivity contribution < 1.29 is 0 Å². The fourth-order valence-electron chi connectivity index (χ4n) is 1.22. The molecule has 0 spiro atoms. The van der Waals surface area contributed by atoms with E-state index < -0.39 is 0 Å². The van der Waals surface area contributed by atoms with Crippen LogP contribution >= 0.6 is 0 Å². The van der Waals surface area contributed by atoms with Crippen LogP contribution in [-0.4, -0.2) is 41.5 Å². The van der Waals surface area contributed by atoms with E-state index in [9.17, 15) is 0 Å². The Balaban J connectivity index is 2.12. The lowest BCUT2D eigenvalue weighted by Crippen LogP contribution is -2.29. The number of imidazole rings is 1. The largest absolute Gasteiger partial charge is 0.348 e. The van der Waals surface area contributed by atoms with Gasteiger partial charge >= 0.3 is 0 Å². The van der Waals surface area contributed by atoms with Crippen molar-refractivity contribution in [3.63, 3.8) is 0 Å². The molecule has 1 aromatic heterocycles. The van der Waals surface area contributed by atoms with E-state index in [-0.39, 0.29) is 0 Å². The molecule has 80 valence electrons. The molecule has 0 aliphatic rings. The number of hydrogen-bond acceptors (Lipinski definition) is 3. The van der Waals surface area contributed by atoms with Gasteiger partial charge in [0.15, 0.2) is 0 Å². The Morgan fingerprint density at radius 1 is 1.57 bits per heavy atom. The molecule has 0 amide bonds. The van der Waals surface area contributed by atoms with Crippen LogP contribution in [0.4, 0.5) is 0 Å². The van der Waals surface area contributed by atoms with Gasteiger partial charge < -0.3 is 15.2 Å². The van der Waals surface area contributed by atoms with Gasteiger partial charge in [0.2, 0.25) is 0 Å². The topological polar surface area (TPSA) is 44.0 Å². The number of H-pyrrole nitrogens is 1. The first kappa shape index (κ1) is 11.2. The van der Waals surface area contributed by atoms with Gasteiger partial charge in [-0.25, -0.2) is 4.98 Å². The average Bonchev–Trinajstić information content (AvgIpc) is 2.63. The molecule has 0 fully saturated rings. The smallest absolute Gasteiger partial charge is 0.120 e. The Kier molecular flexibility index (Phi) is 4.62. The van der Waals surface area contributed by atoms with Gasteiger partial charge in [-0.15, -0.1) is 0 Å². The first-order valence-electron chi connectivity index (χ1n) is 5.05. The van der Waals surface area contributed by atoms with Crippen LogP contribution < -0.4 is 5.32 Å². The molecule has 1 atom stereocenters. The summed E-state index contributed by atoms with van der Waals surface area (Å²) in [7, 11) is 4.19. The highest BCUT2D eigenvalue weighted by molar-refractivity contribution is 4.86. The van der Waals surface area contributed by atoms with Crippen LogP contribution in [0.15, 0.2) is 12.4 Å². The second-order valence-electron chi connectivity index (χ2n) is 3.91. The van der Waals surface area contributed by atoms with Gasteiger partial charge in [0, 0.05) is 18.4 Å². The molecule has 0 saturated carbocycles. The molecule has 0 saturated heterocycles. The Morgan fingerprint density at radius 2 is 2.36 bits per heavy atom. The summed E-state index contributed by atoms with van der Waals surface area (Å²) >= 11 is 0. The maximum Gasteiger partial charge on any atom is 0.120 e. The van der Waals surface area contributed by atoms with Gasteiger partial charge in [-0.3, -0.25) is 0 Å². The zero-order chi connectivity index (χ0) is 10.4. The average molecular weight is 196 g/mol. The molecule has 1 heterocycles. The third kappa shape index (κ3) is 4.39. The fourth-order valence-corrected chi connectivity index (χ4v) is 1.22. The lowest BCUT2D eigenvalue weighted by Gasteiger charge is -2.15. The van der Waals surface area contributed by atoms with Crippen LogP contribution in [0.3, 0.4) is 0 Å². The van der Waals surface area contributed by atoms with E-state index >= 15 is 0 Å². The molecule has 0 aliphatic heterocycles. The molecule has 4 nitrogen and oxygen atoms in total. The summed E-state index contributed by atoms with van der Waals surface area (Å²) in [6.45, 7) is 4.14. The molecule has 0 aliphatic carbocycles. The number of rotatable bonds is 6. The van der Waals surface area contributed by atoms with Gasteiger partial charge in [0.25, 0.3) is 0 Å². The molecule has 0 bridgehead atoms. The molecule has 0 radical (unpaired) electrons. The van der Waals surface area contributed by atoms with Crippen LogP contribution in [0, 0.1) is 0 Å². The summed E-state index contributed by atoms with van der Waals surface area (Å²) < 4.78 is 0. The normalized spacial score (nSPS) is 13.4. The van der Waals surface area contributed by atoms with Crippen molar-refractivity contribution in [1.29, 1.82) is 0 Å². The third-order valence-corrected chi connectivity index (χ3v) is 2.18. The van der Waals surface area contributed by atoms with Crippen LogP contribution in [0.1, 0.15) is 19.2 Å². The molecule has 14 heavy (non-hydrogen) atoms. The van der Waals surface area contributed by atoms with Gasteiger partial charge in [0.1, 0.15) is 5.82 Å². The van der Waals surface area contributed by atoms with E-state index in [0.29, 0.717) is 6.04 Å². The predicted molar refractivity (Wildman–Crippen MR) is 58.1 cm³/mol. The van der Waals surface area contributed by atoms with Crippen LogP contribution in [0.5, 0.6) is 0 Å². The van der Waals surface area contributed by atoms with Gasteiger partial charge in [0.05, 0.1) is 6.54 Å². The van der Waals surface area contributed by atoms with Crippen molar-refractivity contribution >= 4 is 0 Å². The highest BCUT2D eigenvalue weighted by Crippen LogP contribution is 1.94. The van der Waals surface area contributed by atoms with E-state index in [0.717, 1.165) is 25.3 Å². The Bertz CT molecular complexity index is 230.